The van der Waals surface area contributed by atoms with Gasteiger partial charge < -0.3 is 24.6 Å². The molecule has 7 nitrogen and oxygen atoms in total. The molecule has 1 saturated heterocycles. The average Bonchev–Trinajstić information content (AvgIpc) is 2.95. The molecule has 7 heteroatoms. The Balaban J connectivity index is 1.86. The van der Waals surface area contributed by atoms with Gasteiger partial charge in [-0.1, -0.05) is 30.3 Å². The molecule has 1 heterocycles. The van der Waals surface area contributed by atoms with Gasteiger partial charge in [-0.3, -0.25) is 0 Å². The molecule has 2 rings (SSSR count). The summed E-state index contributed by atoms with van der Waals surface area (Å²) in [6.45, 7) is -0.274. The van der Waals surface area contributed by atoms with Crippen molar-refractivity contribution >= 4 is 12.1 Å². The number of nitrogens with zero attached hydrogens (tertiary/aromatic N) is 1. The van der Waals surface area contributed by atoms with Gasteiger partial charge >= 0.3 is 12.1 Å². The van der Waals surface area contributed by atoms with Crippen LogP contribution in [0.5, 0.6) is 0 Å². The molecule has 0 saturated carbocycles. The molecular weight excluding hydrogens is 290 g/mol. The highest BCUT2D eigenvalue weighted by Crippen LogP contribution is 2.21. The number of aliphatic hydroxyl groups is 1. The summed E-state index contributed by atoms with van der Waals surface area (Å²) in [4.78, 5) is 24.0. The molecule has 0 bridgehead atoms. The number of carboxylic acid groups (broad SMARTS) is 1. The van der Waals surface area contributed by atoms with Crippen molar-refractivity contribution in [2.75, 3.05) is 19.8 Å². The highest BCUT2D eigenvalue weighted by atomic mass is 16.6. The molecule has 1 aromatic carbocycles. The lowest BCUT2D eigenvalue weighted by Gasteiger charge is -2.22. The summed E-state index contributed by atoms with van der Waals surface area (Å²) in [7, 11) is 0. The smallest absolute Gasteiger partial charge is 0.410 e. The summed E-state index contributed by atoms with van der Waals surface area (Å²) >= 11 is 0. The van der Waals surface area contributed by atoms with Gasteiger partial charge in [0.25, 0.3) is 0 Å². The number of hydrogen-bond donors (Lipinski definition) is 2. The van der Waals surface area contributed by atoms with Crippen LogP contribution in [0.15, 0.2) is 30.3 Å². The number of benzene rings is 1. The Hall–Kier alpha value is -2.12. The molecule has 1 fully saturated rings. The van der Waals surface area contributed by atoms with E-state index in [2.05, 4.69) is 0 Å². The van der Waals surface area contributed by atoms with E-state index in [1.54, 1.807) is 0 Å². The van der Waals surface area contributed by atoms with Crippen LogP contribution >= 0.6 is 0 Å². The van der Waals surface area contributed by atoms with Crippen molar-refractivity contribution in [3.8, 4) is 0 Å². The van der Waals surface area contributed by atoms with Crippen molar-refractivity contribution in [2.45, 2.75) is 25.2 Å². The monoisotopic (exact) mass is 309 g/mol. The Labute approximate surface area is 128 Å². The van der Waals surface area contributed by atoms with E-state index >= 15 is 0 Å². The van der Waals surface area contributed by atoms with Gasteiger partial charge in [-0.15, -0.1) is 0 Å². The molecule has 2 atom stereocenters. The van der Waals surface area contributed by atoms with Gasteiger partial charge in [0.2, 0.25) is 0 Å². The Morgan fingerprint density at radius 3 is 2.64 bits per heavy atom. The van der Waals surface area contributed by atoms with Crippen molar-refractivity contribution in [1.29, 1.82) is 0 Å². The fraction of sp³-hybridized carbons (Fsp3) is 0.467. The van der Waals surface area contributed by atoms with E-state index in [0.717, 1.165) is 5.56 Å². The van der Waals surface area contributed by atoms with Gasteiger partial charge in [-0.2, -0.15) is 0 Å². The molecule has 2 N–H and O–H groups in total. The summed E-state index contributed by atoms with van der Waals surface area (Å²) in [6, 6.07) is 8.86. The topological polar surface area (TPSA) is 96.3 Å². The lowest BCUT2D eigenvalue weighted by atomic mass is 10.2. The molecule has 0 aromatic heterocycles. The molecule has 0 spiro atoms. The fourth-order valence-electron chi connectivity index (χ4n) is 2.38. The number of amides is 1. The number of rotatable bonds is 6. The van der Waals surface area contributed by atoms with E-state index in [-0.39, 0.29) is 19.8 Å². The summed E-state index contributed by atoms with van der Waals surface area (Å²) in [5.74, 6) is -1.06. The Bertz CT molecular complexity index is 506. The van der Waals surface area contributed by atoms with Crippen molar-refractivity contribution in [2.24, 2.45) is 0 Å². The number of carbonyl (C=O) groups is 2. The largest absolute Gasteiger partial charge is 0.480 e. The average molecular weight is 309 g/mol. The summed E-state index contributed by atoms with van der Waals surface area (Å²) < 4.78 is 10.4. The standard InChI is InChI=1S/C15H19NO6/c17-8-12-6-13(21-10-14(18)19)7-16(12)15(20)22-9-11-4-2-1-3-5-11/h1-5,12-13,17H,6-10H2,(H,18,19). The minimum atomic E-state index is -1.06. The lowest BCUT2D eigenvalue weighted by molar-refractivity contribution is -0.144. The van der Waals surface area contributed by atoms with Crippen LogP contribution in [0.1, 0.15) is 12.0 Å². The zero-order valence-electron chi connectivity index (χ0n) is 12.1. The van der Waals surface area contributed by atoms with Crippen molar-refractivity contribution in [3.63, 3.8) is 0 Å². The molecule has 0 radical (unpaired) electrons. The predicted molar refractivity (Wildman–Crippen MR) is 76.2 cm³/mol. The van der Waals surface area contributed by atoms with Crippen molar-refractivity contribution < 1.29 is 29.3 Å². The zero-order chi connectivity index (χ0) is 15.9. The van der Waals surface area contributed by atoms with Crippen LogP contribution in [0.25, 0.3) is 0 Å². The molecule has 2 unspecified atom stereocenters. The second-order valence-electron chi connectivity index (χ2n) is 5.09. The minimum absolute atomic E-state index is 0.148. The normalized spacial score (nSPS) is 20.9. The summed E-state index contributed by atoms with van der Waals surface area (Å²) in [6.07, 6.45) is -0.550. The second-order valence-corrected chi connectivity index (χ2v) is 5.09. The van der Waals surface area contributed by atoms with Crippen LogP contribution in [-0.4, -0.2) is 59.1 Å². The van der Waals surface area contributed by atoms with Gasteiger partial charge in [-0.25, -0.2) is 9.59 Å². The van der Waals surface area contributed by atoms with Crippen molar-refractivity contribution in [3.05, 3.63) is 35.9 Å². The SMILES string of the molecule is O=C(O)COC1CC(CO)N(C(=O)OCc2ccccc2)C1. The van der Waals surface area contributed by atoms with Gasteiger partial charge in [0.1, 0.15) is 13.2 Å². The quantitative estimate of drug-likeness (QED) is 0.809. The first-order chi connectivity index (χ1) is 10.6. The van der Waals surface area contributed by atoms with Gasteiger partial charge in [-0.05, 0) is 12.0 Å². The van der Waals surface area contributed by atoms with Crippen LogP contribution < -0.4 is 0 Å². The first kappa shape index (κ1) is 16.3. The molecule has 0 aliphatic carbocycles. The van der Waals surface area contributed by atoms with Crippen LogP contribution in [0.2, 0.25) is 0 Å². The minimum Gasteiger partial charge on any atom is -0.480 e. The van der Waals surface area contributed by atoms with E-state index in [0.29, 0.717) is 6.42 Å². The van der Waals surface area contributed by atoms with Crippen molar-refractivity contribution in [1.82, 2.24) is 4.90 Å². The number of carboxylic acids is 1. The summed E-state index contributed by atoms with van der Waals surface area (Å²) in [5.41, 5.74) is 0.870. The van der Waals surface area contributed by atoms with E-state index in [9.17, 15) is 14.7 Å². The summed E-state index contributed by atoms with van der Waals surface area (Å²) in [5, 5.41) is 17.9. The van der Waals surface area contributed by atoms with Gasteiger partial charge in [0.15, 0.2) is 0 Å². The number of carbonyl (C=O) groups excluding carboxylic acids is 1. The first-order valence-electron chi connectivity index (χ1n) is 7.01. The second kappa shape index (κ2) is 7.77. The fourth-order valence-corrected chi connectivity index (χ4v) is 2.38. The number of aliphatic hydroxyl groups excluding tert-OH is 1. The third-order valence-corrected chi connectivity index (χ3v) is 3.47. The van der Waals surface area contributed by atoms with Gasteiger partial charge in [0, 0.05) is 0 Å². The van der Waals surface area contributed by atoms with E-state index in [1.807, 2.05) is 30.3 Å². The van der Waals surface area contributed by atoms with Crippen LogP contribution in [-0.2, 0) is 20.9 Å². The van der Waals surface area contributed by atoms with Crippen LogP contribution in [0.3, 0.4) is 0 Å². The Morgan fingerprint density at radius 1 is 1.27 bits per heavy atom. The Kier molecular flexibility index (Phi) is 5.74. The molecule has 1 amide bonds. The maximum Gasteiger partial charge on any atom is 0.410 e. The first-order valence-corrected chi connectivity index (χ1v) is 7.01. The van der Waals surface area contributed by atoms with Gasteiger partial charge in [0.05, 0.1) is 25.3 Å². The molecule has 1 aromatic rings. The van der Waals surface area contributed by atoms with E-state index in [1.165, 1.54) is 4.90 Å². The molecule has 22 heavy (non-hydrogen) atoms. The molecular formula is C15H19NO6. The third kappa shape index (κ3) is 4.44. The van der Waals surface area contributed by atoms with E-state index in [4.69, 9.17) is 14.6 Å². The Morgan fingerprint density at radius 2 is 2.00 bits per heavy atom. The number of aliphatic carboxylic acids is 1. The van der Waals surface area contributed by atoms with Crippen LogP contribution in [0.4, 0.5) is 4.79 Å². The lowest BCUT2D eigenvalue weighted by Crippen LogP contribution is -2.38. The van der Waals surface area contributed by atoms with Crippen LogP contribution in [0, 0.1) is 0 Å². The number of likely N-dealkylation sites (tertiary alicyclic amines) is 1. The molecule has 1 aliphatic rings. The number of ether oxygens (including phenoxy) is 2. The maximum atomic E-state index is 12.1. The molecule has 120 valence electrons. The van der Waals surface area contributed by atoms with E-state index < -0.39 is 30.8 Å². The molecule has 1 aliphatic heterocycles. The third-order valence-electron chi connectivity index (χ3n) is 3.47. The maximum absolute atomic E-state index is 12.1. The zero-order valence-corrected chi connectivity index (χ0v) is 12.1. The highest BCUT2D eigenvalue weighted by molar-refractivity contribution is 5.69. The number of hydrogen-bond acceptors (Lipinski definition) is 5. The highest BCUT2D eigenvalue weighted by Gasteiger charge is 2.36. The predicted octanol–water partition coefficient (Wildman–Crippen LogP) is 0.860.